The Bertz CT molecular complexity index is 966. The fraction of sp³-hybridized carbons (Fsp3) is 0.353. The molecule has 0 aliphatic heterocycles. The van der Waals surface area contributed by atoms with Crippen molar-refractivity contribution in [3.05, 3.63) is 33.4 Å². The van der Waals surface area contributed by atoms with E-state index in [0.29, 0.717) is 15.4 Å². The highest BCUT2D eigenvalue weighted by molar-refractivity contribution is 7.99. The molecular weight excluding hydrogens is 356 g/mol. The number of thioether (sulfide) groups is 1. The van der Waals surface area contributed by atoms with Crippen molar-refractivity contribution in [2.75, 3.05) is 5.75 Å². The molecular formula is C17H18N4O2S2. The Kier molecular flexibility index (Phi) is 5.93. The third kappa shape index (κ3) is 3.72. The van der Waals surface area contributed by atoms with Gasteiger partial charge in [-0.2, -0.15) is 5.26 Å². The first-order valence-corrected chi connectivity index (χ1v) is 9.33. The van der Waals surface area contributed by atoms with E-state index in [1.54, 1.807) is 6.08 Å². The third-order valence-electron chi connectivity index (χ3n) is 3.79. The number of thiophene rings is 1. The van der Waals surface area contributed by atoms with E-state index in [1.807, 2.05) is 19.9 Å². The highest BCUT2D eigenvalue weighted by Gasteiger charge is 2.22. The second kappa shape index (κ2) is 7.76. The topological polar surface area (TPSA) is 99.6 Å². The summed E-state index contributed by atoms with van der Waals surface area (Å²) in [6.45, 7) is 9.24. The molecule has 25 heavy (non-hydrogen) atoms. The van der Waals surface area contributed by atoms with E-state index in [2.05, 4.69) is 11.6 Å². The monoisotopic (exact) mass is 374 g/mol. The Morgan fingerprint density at radius 3 is 2.80 bits per heavy atom. The van der Waals surface area contributed by atoms with Crippen molar-refractivity contribution in [1.82, 2.24) is 9.55 Å². The zero-order chi connectivity index (χ0) is 18.7. The molecule has 0 aliphatic carbocycles. The number of aromatic nitrogens is 2. The first kappa shape index (κ1) is 19.1. The van der Waals surface area contributed by atoms with Gasteiger partial charge >= 0.3 is 0 Å². The van der Waals surface area contributed by atoms with Crippen molar-refractivity contribution in [2.45, 2.75) is 32.5 Å². The van der Waals surface area contributed by atoms with Crippen LogP contribution < -0.4 is 5.56 Å². The Hall–Kier alpha value is -2.24. The number of hydrogen-bond donors (Lipinski definition) is 1. The molecule has 0 fully saturated rings. The van der Waals surface area contributed by atoms with E-state index in [0.717, 1.165) is 22.2 Å². The van der Waals surface area contributed by atoms with Crippen molar-refractivity contribution < 1.29 is 4.79 Å². The van der Waals surface area contributed by atoms with Crippen molar-refractivity contribution in [3.8, 4) is 6.07 Å². The summed E-state index contributed by atoms with van der Waals surface area (Å²) in [6.07, 6.45) is 1.61. The molecule has 8 heteroatoms. The van der Waals surface area contributed by atoms with Crippen molar-refractivity contribution >= 4 is 44.8 Å². The lowest BCUT2D eigenvalue weighted by molar-refractivity contribution is -0.117. The maximum absolute atomic E-state index is 12.8. The summed E-state index contributed by atoms with van der Waals surface area (Å²) < 4.78 is 1.49. The number of nitrogens with zero attached hydrogens (tertiary/aromatic N) is 3. The van der Waals surface area contributed by atoms with Crippen LogP contribution in [-0.2, 0) is 11.3 Å². The summed E-state index contributed by atoms with van der Waals surface area (Å²) in [4.78, 5) is 31.2. The Balaban J connectivity index is 2.44. The van der Waals surface area contributed by atoms with Crippen LogP contribution in [0.4, 0.5) is 0 Å². The van der Waals surface area contributed by atoms with Gasteiger partial charge in [-0.15, -0.1) is 17.9 Å². The van der Waals surface area contributed by atoms with Gasteiger partial charge in [0.15, 0.2) is 10.9 Å². The first-order valence-electron chi connectivity index (χ1n) is 7.53. The average molecular weight is 374 g/mol. The van der Waals surface area contributed by atoms with Crippen molar-refractivity contribution in [2.24, 2.45) is 5.92 Å². The highest BCUT2D eigenvalue weighted by Crippen LogP contribution is 2.28. The lowest BCUT2D eigenvalue weighted by Gasteiger charge is -2.11. The second-order valence-electron chi connectivity index (χ2n) is 5.56. The molecule has 0 aromatic carbocycles. The lowest BCUT2D eigenvalue weighted by Crippen LogP contribution is -2.25. The van der Waals surface area contributed by atoms with E-state index in [-0.39, 0.29) is 29.4 Å². The van der Waals surface area contributed by atoms with E-state index in [1.165, 1.54) is 22.8 Å². The fourth-order valence-electron chi connectivity index (χ4n) is 2.34. The number of ketones is 1. The van der Waals surface area contributed by atoms with E-state index in [4.69, 9.17) is 10.7 Å². The predicted molar refractivity (Wildman–Crippen MR) is 102 cm³/mol. The number of aryl methyl sites for hydroxylation is 2. The maximum Gasteiger partial charge on any atom is 0.263 e. The van der Waals surface area contributed by atoms with E-state index in [9.17, 15) is 9.59 Å². The highest BCUT2D eigenvalue weighted by atomic mass is 32.2. The lowest BCUT2D eigenvalue weighted by atomic mass is 10.0. The number of Topliss-reactive ketones (excluding diaryl/α,β-unsaturated/α-hetero) is 1. The normalized spacial score (nSPS) is 11.9. The summed E-state index contributed by atoms with van der Waals surface area (Å²) in [5, 5.41) is 17.5. The molecule has 1 atom stereocenters. The van der Waals surface area contributed by atoms with Crippen LogP contribution in [0.1, 0.15) is 17.4 Å². The number of hydrogen-bond acceptors (Lipinski definition) is 7. The minimum Gasteiger partial charge on any atom is -0.308 e. The van der Waals surface area contributed by atoms with Crippen LogP contribution >= 0.6 is 23.1 Å². The second-order valence-corrected chi connectivity index (χ2v) is 7.71. The Morgan fingerprint density at radius 1 is 1.56 bits per heavy atom. The molecule has 0 bridgehead atoms. The summed E-state index contributed by atoms with van der Waals surface area (Å²) >= 11 is 2.56. The zero-order valence-electron chi connectivity index (χ0n) is 14.3. The van der Waals surface area contributed by atoms with Crippen LogP contribution in [0, 0.1) is 36.5 Å². The molecule has 2 rings (SSSR count). The number of rotatable bonds is 7. The van der Waals surface area contributed by atoms with Gasteiger partial charge in [-0.1, -0.05) is 17.8 Å². The number of allylic oxidation sites excluding steroid dienone is 1. The molecule has 6 nitrogen and oxygen atoms in total. The van der Waals surface area contributed by atoms with Crippen molar-refractivity contribution in [1.29, 1.82) is 10.7 Å². The molecule has 2 aromatic heterocycles. The summed E-state index contributed by atoms with van der Waals surface area (Å²) in [5.41, 5.74) is 0.790. The van der Waals surface area contributed by atoms with Crippen LogP contribution in [0.5, 0.6) is 0 Å². The maximum atomic E-state index is 12.8. The molecule has 0 saturated heterocycles. The van der Waals surface area contributed by atoms with Gasteiger partial charge in [0.1, 0.15) is 10.7 Å². The molecule has 1 unspecified atom stereocenters. The van der Waals surface area contributed by atoms with Crippen LogP contribution in [0.2, 0.25) is 0 Å². The summed E-state index contributed by atoms with van der Waals surface area (Å²) in [6, 6.07) is 1.84. The van der Waals surface area contributed by atoms with E-state index >= 15 is 0 Å². The largest absolute Gasteiger partial charge is 0.308 e. The minimum atomic E-state index is -1.05. The molecule has 0 radical (unpaired) electrons. The van der Waals surface area contributed by atoms with Crippen LogP contribution in [0.15, 0.2) is 22.6 Å². The van der Waals surface area contributed by atoms with Gasteiger partial charge in [0.05, 0.1) is 17.2 Å². The molecule has 130 valence electrons. The molecule has 2 aromatic rings. The van der Waals surface area contributed by atoms with Crippen LogP contribution in [-0.4, -0.2) is 26.8 Å². The van der Waals surface area contributed by atoms with Gasteiger partial charge < -0.3 is 5.41 Å². The molecule has 2 heterocycles. The van der Waals surface area contributed by atoms with Gasteiger partial charge in [0.2, 0.25) is 0 Å². The Labute approximate surface area is 153 Å². The molecule has 1 N–H and O–H groups in total. The molecule has 0 saturated carbocycles. The van der Waals surface area contributed by atoms with Gasteiger partial charge in [-0.05, 0) is 26.3 Å². The molecule has 0 aliphatic rings. The number of carbonyl (C=O) groups is 1. The summed E-state index contributed by atoms with van der Waals surface area (Å²) in [7, 11) is 0. The molecule has 0 amide bonds. The number of fused-ring (bicyclic) bond motifs is 1. The van der Waals surface area contributed by atoms with Gasteiger partial charge in [-0.3, -0.25) is 14.2 Å². The quantitative estimate of drug-likeness (QED) is 0.347. The standard InChI is InChI=1S/C17H18N4O2S2/c1-5-6-21-16(23)14-9(2)11(4)25-15(14)20-17(21)24-8-13(22)12(7-18)10(3)19/h5,12,19H,1,6,8H2,2-4H3. The number of nitriles is 1. The van der Waals surface area contributed by atoms with E-state index < -0.39 is 5.92 Å². The fourth-order valence-corrected chi connectivity index (χ4v) is 4.32. The van der Waals surface area contributed by atoms with Gasteiger partial charge in [-0.25, -0.2) is 4.98 Å². The smallest absolute Gasteiger partial charge is 0.263 e. The van der Waals surface area contributed by atoms with Gasteiger partial charge in [0.25, 0.3) is 5.56 Å². The predicted octanol–water partition coefficient (Wildman–Crippen LogP) is 3.10. The average Bonchev–Trinajstić information content (AvgIpc) is 2.83. The van der Waals surface area contributed by atoms with Crippen LogP contribution in [0.25, 0.3) is 10.2 Å². The summed E-state index contributed by atoms with van der Waals surface area (Å²) in [5.74, 6) is -1.44. The van der Waals surface area contributed by atoms with Crippen molar-refractivity contribution in [3.63, 3.8) is 0 Å². The Morgan fingerprint density at radius 2 is 2.24 bits per heavy atom. The molecule has 0 spiro atoms. The van der Waals surface area contributed by atoms with Gasteiger partial charge in [0, 0.05) is 17.1 Å². The number of carbonyl (C=O) groups excluding carboxylic acids is 1. The first-order chi connectivity index (χ1) is 11.8. The SMILES string of the molecule is C=CCn1c(SCC(=O)C(C#N)C(C)=N)nc2sc(C)c(C)c2c1=O. The van der Waals surface area contributed by atoms with Crippen LogP contribution in [0.3, 0.4) is 0 Å². The minimum absolute atomic E-state index is 0.0181. The number of nitrogens with one attached hydrogen (secondary N) is 1. The zero-order valence-corrected chi connectivity index (χ0v) is 15.9. The third-order valence-corrected chi connectivity index (χ3v) is 5.89.